The van der Waals surface area contributed by atoms with Gasteiger partial charge in [0.15, 0.2) is 17.3 Å². The fourth-order valence-corrected chi connectivity index (χ4v) is 2.96. The Kier molecular flexibility index (Phi) is 3.65. The summed E-state index contributed by atoms with van der Waals surface area (Å²) >= 11 is 0. The fraction of sp³-hybridized carbons (Fsp3) is 0.0952. The first-order valence-electron chi connectivity index (χ1n) is 7.88. The highest BCUT2D eigenvalue weighted by atomic mass is 16.5. The molecule has 0 fully saturated rings. The van der Waals surface area contributed by atoms with E-state index in [0.29, 0.717) is 28.4 Å². The highest BCUT2D eigenvalue weighted by molar-refractivity contribution is 6.10. The van der Waals surface area contributed by atoms with Crippen molar-refractivity contribution in [1.82, 2.24) is 0 Å². The molecule has 4 nitrogen and oxygen atoms in total. The smallest absolute Gasteiger partial charge is 0.228 e. The van der Waals surface area contributed by atoms with Crippen LogP contribution in [0.25, 0.3) is 21.7 Å². The predicted molar refractivity (Wildman–Crippen MR) is 96.7 cm³/mol. The largest absolute Gasteiger partial charge is 0.493 e. The molecule has 0 saturated carbocycles. The van der Waals surface area contributed by atoms with Crippen molar-refractivity contribution in [3.63, 3.8) is 0 Å². The Morgan fingerprint density at radius 2 is 1.52 bits per heavy atom. The second kappa shape index (κ2) is 5.98. The van der Waals surface area contributed by atoms with Gasteiger partial charge in [-0.05, 0) is 47.2 Å². The third-order valence-electron chi connectivity index (χ3n) is 4.25. The number of rotatable bonds is 4. The van der Waals surface area contributed by atoms with E-state index in [1.165, 1.54) is 0 Å². The van der Waals surface area contributed by atoms with Gasteiger partial charge in [0.2, 0.25) is 5.78 Å². The first kappa shape index (κ1) is 15.3. The molecule has 0 N–H and O–H groups in total. The maximum atomic E-state index is 12.8. The Morgan fingerprint density at radius 3 is 2.24 bits per heavy atom. The highest BCUT2D eigenvalue weighted by Crippen LogP contribution is 2.30. The molecule has 0 aliphatic rings. The minimum absolute atomic E-state index is 0.193. The monoisotopic (exact) mass is 332 g/mol. The molecule has 4 rings (SSSR count). The van der Waals surface area contributed by atoms with Gasteiger partial charge in [0.25, 0.3) is 0 Å². The number of hydrogen-bond donors (Lipinski definition) is 0. The minimum atomic E-state index is -0.193. The molecule has 0 unspecified atom stereocenters. The zero-order chi connectivity index (χ0) is 17.4. The molecule has 1 aromatic heterocycles. The van der Waals surface area contributed by atoms with E-state index < -0.39 is 0 Å². The number of ether oxygens (including phenoxy) is 2. The van der Waals surface area contributed by atoms with E-state index in [2.05, 4.69) is 0 Å². The van der Waals surface area contributed by atoms with Crippen molar-refractivity contribution in [2.75, 3.05) is 14.2 Å². The molecule has 4 aromatic rings. The molecule has 0 saturated heterocycles. The number of hydrogen-bond acceptors (Lipinski definition) is 4. The number of carbonyl (C=O) groups excluding carboxylic acids is 1. The van der Waals surface area contributed by atoms with E-state index in [-0.39, 0.29) is 5.78 Å². The first-order chi connectivity index (χ1) is 12.2. The molecular weight excluding hydrogens is 316 g/mol. The average Bonchev–Trinajstić information content (AvgIpc) is 3.07. The summed E-state index contributed by atoms with van der Waals surface area (Å²) in [6, 6.07) is 18.9. The second-order valence-electron chi connectivity index (χ2n) is 5.75. The van der Waals surface area contributed by atoms with Crippen LogP contribution in [0.1, 0.15) is 16.1 Å². The lowest BCUT2D eigenvalue weighted by Gasteiger charge is -2.08. The lowest BCUT2D eigenvalue weighted by Crippen LogP contribution is -2.01. The quantitative estimate of drug-likeness (QED) is 0.502. The van der Waals surface area contributed by atoms with Crippen molar-refractivity contribution in [2.24, 2.45) is 0 Å². The van der Waals surface area contributed by atoms with E-state index in [0.717, 1.165) is 16.2 Å². The Bertz CT molecular complexity index is 1040. The summed E-state index contributed by atoms with van der Waals surface area (Å²) in [6.07, 6.45) is 0. The third kappa shape index (κ3) is 2.62. The van der Waals surface area contributed by atoms with Crippen molar-refractivity contribution in [3.8, 4) is 11.5 Å². The first-order valence-corrected chi connectivity index (χ1v) is 7.88. The van der Waals surface area contributed by atoms with Gasteiger partial charge in [-0.1, -0.05) is 24.3 Å². The van der Waals surface area contributed by atoms with Crippen LogP contribution in [0.15, 0.2) is 65.1 Å². The number of furan rings is 1. The Hall–Kier alpha value is -3.27. The number of fused-ring (bicyclic) bond motifs is 2. The predicted octanol–water partition coefficient (Wildman–Crippen LogP) is 4.83. The number of methoxy groups -OCH3 is 2. The number of ketones is 1. The van der Waals surface area contributed by atoms with Crippen LogP contribution in [0.2, 0.25) is 0 Å². The number of benzene rings is 3. The maximum Gasteiger partial charge on any atom is 0.228 e. The van der Waals surface area contributed by atoms with E-state index in [9.17, 15) is 4.79 Å². The van der Waals surface area contributed by atoms with Crippen LogP contribution in [0.3, 0.4) is 0 Å². The number of carbonyl (C=O) groups is 1. The molecule has 0 aliphatic heterocycles. The fourth-order valence-electron chi connectivity index (χ4n) is 2.96. The zero-order valence-electron chi connectivity index (χ0n) is 13.9. The molecule has 0 amide bonds. The van der Waals surface area contributed by atoms with Gasteiger partial charge in [-0.15, -0.1) is 0 Å². The van der Waals surface area contributed by atoms with Crippen molar-refractivity contribution in [1.29, 1.82) is 0 Å². The minimum Gasteiger partial charge on any atom is -0.493 e. The van der Waals surface area contributed by atoms with Gasteiger partial charge in [0.05, 0.1) is 14.2 Å². The van der Waals surface area contributed by atoms with Gasteiger partial charge >= 0.3 is 0 Å². The van der Waals surface area contributed by atoms with Crippen LogP contribution in [0, 0.1) is 0 Å². The normalized spacial score (nSPS) is 11.0. The molecule has 0 bridgehead atoms. The van der Waals surface area contributed by atoms with Crippen LogP contribution in [-0.4, -0.2) is 20.0 Å². The summed E-state index contributed by atoms with van der Waals surface area (Å²) in [7, 11) is 3.10. The summed E-state index contributed by atoms with van der Waals surface area (Å²) in [4.78, 5) is 12.8. The summed E-state index contributed by atoms with van der Waals surface area (Å²) in [5, 5.41) is 3.10. The summed E-state index contributed by atoms with van der Waals surface area (Å²) < 4.78 is 16.3. The van der Waals surface area contributed by atoms with Gasteiger partial charge in [-0.25, -0.2) is 0 Å². The summed E-state index contributed by atoms with van der Waals surface area (Å²) in [5.74, 6) is 1.20. The third-order valence-corrected chi connectivity index (χ3v) is 4.25. The SMILES string of the molecule is COc1ccc(C(=O)c2cc3cc4ccccc4cc3o2)cc1OC. The van der Waals surface area contributed by atoms with Gasteiger partial charge in [-0.2, -0.15) is 0 Å². The Morgan fingerprint density at radius 1 is 0.800 bits per heavy atom. The van der Waals surface area contributed by atoms with E-state index in [4.69, 9.17) is 13.9 Å². The Balaban J connectivity index is 1.78. The topological polar surface area (TPSA) is 48.7 Å². The van der Waals surface area contributed by atoms with Gasteiger partial charge in [-0.3, -0.25) is 4.79 Å². The molecule has 0 atom stereocenters. The molecule has 0 aliphatic carbocycles. The van der Waals surface area contributed by atoms with Crippen LogP contribution in [0.5, 0.6) is 11.5 Å². The molecule has 3 aromatic carbocycles. The molecule has 1 heterocycles. The maximum absolute atomic E-state index is 12.8. The lowest BCUT2D eigenvalue weighted by atomic mass is 10.1. The average molecular weight is 332 g/mol. The lowest BCUT2D eigenvalue weighted by molar-refractivity contribution is 0.101. The van der Waals surface area contributed by atoms with Crippen molar-refractivity contribution in [2.45, 2.75) is 0 Å². The molecule has 124 valence electrons. The van der Waals surface area contributed by atoms with Gasteiger partial charge in [0, 0.05) is 10.9 Å². The Labute approximate surface area is 144 Å². The second-order valence-corrected chi connectivity index (χ2v) is 5.75. The molecule has 4 heteroatoms. The zero-order valence-corrected chi connectivity index (χ0v) is 13.9. The van der Waals surface area contributed by atoms with Crippen molar-refractivity contribution in [3.05, 3.63) is 72.0 Å². The highest BCUT2D eigenvalue weighted by Gasteiger charge is 2.17. The van der Waals surface area contributed by atoms with E-state index >= 15 is 0 Å². The summed E-state index contributed by atoms with van der Waals surface area (Å²) in [6.45, 7) is 0. The van der Waals surface area contributed by atoms with Crippen LogP contribution < -0.4 is 9.47 Å². The molecule has 25 heavy (non-hydrogen) atoms. The standard InChI is InChI=1S/C21H16O4/c1-23-17-8-7-15(11-19(17)24-2)21(22)20-12-16-9-13-5-3-4-6-14(13)10-18(16)25-20/h3-12H,1-2H3. The molecule has 0 radical (unpaired) electrons. The van der Waals surface area contributed by atoms with Crippen molar-refractivity contribution < 1.29 is 18.7 Å². The van der Waals surface area contributed by atoms with Crippen LogP contribution >= 0.6 is 0 Å². The molecule has 0 spiro atoms. The van der Waals surface area contributed by atoms with Gasteiger partial charge in [0.1, 0.15) is 5.58 Å². The van der Waals surface area contributed by atoms with Crippen LogP contribution in [-0.2, 0) is 0 Å². The van der Waals surface area contributed by atoms with Crippen molar-refractivity contribution >= 4 is 27.5 Å². The van der Waals surface area contributed by atoms with Crippen LogP contribution in [0.4, 0.5) is 0 Å². The van der Waals surface area contributed by atoms with E-state index in [1.807, 2.05) is 36.4 Å². The molecular formula is C21H16O4. The summed E-state index contributed by atoms with van der Waals surface area (Å²) in [5.41, 5.74) is 1.18. The van der Waals surface area contributed by atoms with E-state index in [1.54, 1.807) is 38.5 Å². The van der Waals surface area contributed by atoms with Gasteiger partial charge < -0.3 is 13.9 Å².